The van der Waals surface area contributed by atoms with E-state index in [9.17, 15) is 0 Å². The molecule has 1 aromatic carbocycles. The highest BCUT2D eigenvalue weighted by molar-refractivity contribution is 6.12. The van der Waals surface area contributed by atoms with Gasteiger partial charge in [0.05, 0.1) is 0 Å². The first-order chi connectivity index (χ1) is 11.7. The van der Waals surface area contributed by atoms with Crippen molar-refractivity contribution >= 4 is 17.7 Å². The third-order valence-electron chi connectivity index (χ3n) is 5.50. The van der Waals surface area contributed by atoms with E-state index in [0.717, 1.165) is 5.57 Å². The standard InChI is InChI=1S/C23H30N2/c1-14-9-16(3)22(17(4)10-14)24-13-25(21(8)20(24)7)23-18(5)11-15(2)12-19(23)6/h9-13,20-21H,3H2,1-2,4-8H3/q+2/t20-,21+/m0/s1. The molecule has 0 N–H and O–H groups in total. The first kappa shape index (κ1) is 17.6. The van der Waals surface area contributed by atoms with E-state index in [2.05, 4.69) is 94.8 Å². The number of aryl methyl sites for hydroxylation is 3. The van der Waals surface area contributed by atoms with E-state index < -0.39 is 0 Å². The summed E-state index contributed by atoms with van der Waals surface area (Å²) in [5.41, 5.74) is 10.2. The van der Waals surface area contributed by atoms with Crippen LogP contribution in [-0.4, -0.2) is 33.3 Å². The monoisotopic (exact) mass is 334 g/mol. The summed E-state index contributed by atoms with van der Waals surface area (Å²) >= 11 is 0. The SMILES string of the molecule is C=C1C=C(C)C=C(C)C1=[N+]1C=[N+](c2c(C)cc(C)cc2C)[C@H](C)[C@@H]1C. The normalized spacial score (nSPS) is 26.5. The molecule has 2 heteroatoms. The second-order valence-corrected chi connectivity index (χ2v) is 7.75. The zero-order valence-corrected chi connectivity index (χ0v) is 16.6. The van der Waals surface area contributed by atoms with E-state index >= 15 is 0 Å². The smallest absolute Gasteiger partial charge is 0.133 e. The Hall–Kier alpha value is -2.22. The molecule has 0 spiro atoms. The Morgan fingerprint density at radius 3 is 2.04 bits per heavy atom. The molecule has 0 unspecified atom stereocenters. The van der Waals surface area contributed by atoms with E-state index in [-0.39, 0.29) is 0 Å². The van der Waals surface area contributed by atoms with Gasteiger partial charge in [-0.15, -0.1) is 9.15 Å². The topological polar surface area (TPSA) is 6.02 Å². The molecule has 0 bridgehead atoms. The zero-order chi connectivity index (χ0) is 18.5. The second-order valence-electron chi connectivity index (χ2n) is 7.75. The Bertz CT molecular complexity index is 868. The van der Waals surface area contributed by atoms with Gasteiger partial charge in [0, 0.05) is 36.1 Å². The summed E-state index contributed by atoms with van der Waals surface area (Å²) < 4.78 is 4.84. The summed E-state index contributed by atoms with van der Waals surface area (Å²) in [5.74, 6) is 0. The molecule has 3 rings (SSSR count). The van der Waals surface area contributed by atoms with Crippen molar-refractivity contribution in [3.05, 3.63) is 64.3 Å². The van der Waals surface area contributed by atoms with Gasteiger partial charge in [0.25, 0.3) is 0 Å². The summed E-state index contributed by atoms with van der Waals surface area (Å²) in [6, 6.07) is 5.35. The quantitative estimate of drug-likeness (QED) is 0.638. The van der Waals surface area contributed by atoms with Crippen molar-refractivity contribution in [2.45, 2.75) is 60.5 Å². The lowest BCUT2D eigenvalue weighted by Crippen LogP contribution is -2.33. The molecule has 1 aromatic rings. The van der Waals surface area contributed by atoms with Gasteiger partial charge in [-0.25, -0.2) is 0 Å². The highest BCUT2D eigenvalue weighted by Crippen LogP contribution is 2.30. The Labute approximate surface area is 152 Å². The van der Waals surface area contributed by atoms with Gasteiger partial charge in [0.2, 0.25) is 23.5 Å². The van der Waals surface area contributed by atoms with Crippen LogP contribution in [0.3, 0.4) is 0 Å². The van der Waals surface area contributed by atoms with Crippen molar-refractivity contribution in [2.75, 3.05) is 0 Å². The van der Waals surface area contributed by atoms with Crippen LogP contribution in [0.5, 0.6) is 0 Å². The summed E-state index contributed by atoms with van der Waals surface area (Å²) in [5, 5.41) is 0. The van der Waals surface area contributed by atoms with Crippen LogP contribution in [0, 0.1) is 20.8 Å². The predicted molar refractivity (Wildman–Crippen MR) is 107 cm³/mol. The fourth-order valence-corrected chi connectivity index (χ4v) is 4.33. The van der Waals surface area contributed by atoms with Gasteiger partial charge in [0.1, 0.15) is 0 Å². The molecule has 130 valence electrons. The first-order valence-corrected chi connectivity index (χ1v) is 9.13. The van der Waals surface area contributed by atoms with Crippen LogP contribution in [0.25, 0.3) is 0 Å². The van der Waals surface area contributed by atoms with Gasteiger partial charge in [-0.1, -0.05) is 12.1 Å². The van der Waals surface area contributed by atoms with E-state index in [1.54, 1.807) is 0 Å². The predicted octanol–water partition coefficient (Wildman–Crippen LogP) is 4.99. The summed E-state index contributed by atoms with van der Waals surface area (Å²) in [4.78, 5) is 0. The number of hydrogen-bond donors (Lipinski definition) is 0. The van der Waals surface area contributed by atoms with Crippen molar-refractivity contribution in [3.63, 3.8) is 0 Å². The molecule has 25 heavy (non-hydrogen) atoms. The molecule has 2 atom stereocenters. The van der Waals surface area contributed by atoms with Gasteiger partial charge >= 0.3 is 6.34 Å². The third-order valence-corrected chi connectivity index (χ3v) is 5.50. The van der Waals surface area contributed by atoms with Crippen LogP contribution in [0.1, 0.15) is 44.4 Å². The van der Waals surface area contributed by atoms with Crippen molar-refractivity contribution in [1.82, 2.24) is 0 Å². The number of allylic oxidation sites excluding steroid dienone is 5. The highest BCUT2D eigenvalue weighted by Gasteiger charge is 2.45. The van der Waals surface area contributed by atoms with Crippen molar-refractivity contribution in [1.29, 1.82) is 0 Å². The molecular weight excluding hydrogens is 304 g/mol. The Kier molecular flexibility index (Phi) is 4.40. The zero-order valence-electron chi connectivity index (χ0n) is 16.6. The molecule has 2 nitrogen and oxygen atoms in total. The fourth-order valence-electron chi connectivity index (χ4n) is 4.33. The molecule has 0 saturated heterocycles. The average Bonchev–Trinajstić information content (AvgIpc) is 2.74. The largest absolute Gasteiger partial charge is 0.408 e. The number of nitrogens with zero attached hydrogens (tertiary/aromatic N) is 2. The van der Waals surface area contributed by atoms with Crippen molar-refractivity contribution in [2.24, 2.45) is 0 Å². The van der Waals surface area contributed by atoms with Crippen LogP contribution >= 0.6 is 0 Å². The van der Waals surface area contributed by atoms with E-state index in [4.69, 9.17) is 0 Å². The third kappa shape index (κ3) is 2.95. The highest BCUT2D eigenvalue weighted by atomic mass is 15.3. The van der Waals surface area contributed by atoms with Gasteiger partial charge in [-0.3, -0.25) is 0 Å². The lowest BCUT2D eigenvalue weighted by Gasteiger charge is -2.12. The van der Waals surface area contributed by atoms with Crippen LogP contribution < -0.4 is 0 Å². The Morgan fingerprint density at radius 1 is 0.880 bits per heavy atom. The summed E-state index contributed by atoms with van der Waals surface area (Å²) in [6.45, 7) is 19.8. The lowest BCUT2D eigenvalue weighted by atomic mass is 9.94. The van der Waals surface area contributed by atoms with E-state index in [0.29, 0.717) is 12.1 Å². The fraction of sp³-hybridized carbons (Fsp3) is 0.391. The molecular formula is C23H30N2+2. The van der Waals surface area contributed by atoms with Gasteiger partial charge in [-0.2, -0.15) is 0 Å². The second kappa shape index (κ2) is 6.25. The maximum atomic E-state index is 4.31. The van der Waals surface area contributed by atoms with Gasteiger partial charge < -0.3 is 0 Å². The summed E-state index contributed by atoms with van der Waals surface area (Å²) in [6.07, 6.45) is 6.71. The molecule has 1 aliphatic heterocycles. The van der Waals surface area contributed by atoms with Crippen LogP contribution in [-0.2, 0) is 0 Å². The molecule has 1 aliphatic carbocycles. The maximum absolute atomic E-state index is 4.31. The van der Waals surface area contributed by atoms with Crippen LogP contribution in [0.15, 0.2) is 47.6 Å². The Morgan fingerprint density at radius 2 is 1.48 bits per heavy atom. The maximum Gasteiger partial charge on any atom is 0.408 e. The van der Waals surface area contributed by atoms with Gasteiger partial charge in [0.15, 0.2) is 0 Å². The van der Waals surface area contributed by atoms with Crippen molar-refractivity contribution < 1.29 is 9.15 Å². The van der Waals surface area contributed by atoms with Crippen LogP contribution in [0.2, 0.25) is 0 Å². The number of rotatable bonds is 1. The van der Waals surface area contributed by atoms with E-state index in [1.807, 2.05) is 0 Å². The molecule has 1 heterocycles. The van der Waals surface area contributed by atoms with E-state index in [1.165, 1.54) is 39.2 Å². The summed E-state index contributed by atoms with van der Waals surface area (Å²) in [7, 11) is 0. The molecule has 0 aromatic heterocycles. The Balaban J connectivity index is 2.19. The molecule has 2 aliphatic rings. The minimum Gasteiger partial charge on any atom is -0.133 e. The number of benzene rings is 1. The molecule has 0 saturated carbocycles. The molecule has 0 amide bonds. The van der Waals surface area contributed by atoms with Gasteiger partial charge in [-0.05, 0) is 64.5 Å². The first-order valence-electron chi connectivity index (χ1n) is 9.13. The minimum absolute atomic E-state index is 0.391. The minimum atomic E-state index is 0.391. The lowest BCUT2D eigenvalue weighted by molar-refractivity contribution is -0.470. The van der Waals surface area contributed by atoms with Crippen molar-refractivity contribution in [3.8, 4) is 0 Å². The number of hydrogen-bond acceptors (Lipinski definition) is 0. The average molecular weight is 335 g/mol. The van der Waals surface area contributed by atoms with Crippen LogP contribution in [0.4, 0.5) is 5.69 Å². The molecule has 0 radical (unpaired) electrons. The molecule has 0 fully saturated rings.